The summed E-state index contributed by atoms with van der Waals surface area (Å²) >= 11 is 1.79. The van der Waals surface area contributed by atoms with Gasteiger partial charge < -0.3 is 0 Å². The molecule has 0 spiro atoms. The second-order valence-corrected chi connectivity index (χ2v) is 13.4. The van der Waals surface area contributed by atoms with Gasteiger partial charge in [0.05, 0.1) is 10.2 Å². The Morgan fingerprint density at radius 2 is 1.09 bits per heavy atom. The highest BCUT2D eigenvalue weighted by molar-refractivity contribution is 7.21. The summed E-state index contributed by atoms with van der Waals surface area (Å²) in [6, 6.07) is 51.0. The van der Waals surface area contributed by atoms with Gasteiger partial charge in [0.1, 0.15) is 5.01 Å². The molecule has 1 aliphatic carbocycles. The summed E-state index contributed by atoms with van der Waals surface area (Å²) in [5.74, 6) is 0. The lowest BCUT2D eigenvalue weighted by molar-refractivity contribution is 0.661. The van der Waals surface area contributed by atoms with Crippen LogP contribution in [0.2, 0.25) is 0 Å². The summed E-state index contributed by atoms with van der Waals surface area (Å²) in [5.41, 5.74) is 12.6. The molecule has 1 aromatic heterocycles. The predicted molar refractivity (Wildman–Crippen MR) is 189 cm³/mol. The van der Waals surface area contributed by atoms with Gasteiger partial charge in [-0.1, -0.05) is 129 Å². The lowest BCUT2D eigenvalue weighted by Gasteiger charge is -2.23. The smallest absolute Gasteiger partial charge is 0.125 e. The molecule has 0 atom stereocenters. The molecule has 44 heavy (non-hydrogen) atoms. The van der Waals surface area contributed by atoms with Crippen LogP contribution in [-0.2, 0) is 5.41 Å². The number of benzene rings is 7. The van der Waals surface area contributed by atoms with Gasteiger partial charge in [-0.2, -0.15) is 0 Å². The van der Waals surface area contributed by atoms with Crippen molar-refractivity contribution in [2.24, 2.45) is 0 Å². The van der Waals surface area contributed by atoms with Crippen molar-refractivity contribution in [1.29, 1.82) is 0 Å². The third kappa shape index (κ3) is 3.68. The molecule has 0 saturated carbocycles. The Hall–Kier alpha value is -5.05. The Labute approximate surface area is 261 Å². The quantitative estimate of drug-likeness (QED) is 0.190. The second-order valence-electron chi connectivity index (χ2n) is 12.3. The van der Waals surface area contributed by atoms with E-state index in [9.17, 15) is 0 Å². The Balaban J connectivity index is 1.40. The van der Waals surface area contributed by atoms with Gasteiger partial charge in [-0.25, -0.2) is 4.98 Å². The molecule has 9 rings (SSSR count). The van der Waals surface area contributed by atoms with Crippen LogP contribution in [0.1, 0.15) is 25.0 Å². The Morgan fingerprint density at radius 3 is 1.89 bits per heavy atom. The first-order chi connectivity index (χ1) is 21.6. The van der Waals surface area contributed by atoms with Gasteiger partial charge in [-0.05, 0) is 90.3 Å². The molecular weight excluding hydrogens is 551 g/mol. The molecule has 1 aliphatic rings. The summed E-state index contributed by atoms with van der Waals surface area (Å²) in [5, 5.41) is 6.12. The van der Waals surface area contributed by atoms with E-state index >= 15 is 0 Å². The molecule has 1 heterocycles. The van der Waals surface area contributed by atoms with E-state index in [0.717, 1.165) is 10.5 Å². The average molecular weight is 580 g/mol. The number of thiazole rings is 1. The van der Waals surface area contributed by atoms with Crippen molar-refractivity contribution < 1.29 is 0 Å². The molecular formula is C42H29NS. The van der Waals surface area contributed by atoms with Crippen molar-refractivity contribution in [1.82, 2.24) is 4.98 Å². The van der Waals surface area contributed by atoms with E-state index in [1.165, 1.54) is 76.3 Å². The van der Waals surface area contributed by atoms with Gasteiger partial charge in [0, 0.05) is 11.0 Å². The van der Waals surface area contributed by atoms with Crippen LogP contribution < -0.4 is 0 Å². The Kier molecular flexibility index (Phi) is 5.48. The standard InChI is InChI=1S/C42H29NS/c1-42(2)35-17-9-8-14-29(35)32-24-33-34(25-36(32)42)39(28-22-20-27(21-23-28)26-12-4-3-5-13-26)30-15-6-7-16-31(30)40(33)41-43-37-18-10-11-19-38(37)44-41/h3-25H,1-2H3. The maximum absolute atomic E-state index is 5.22. The largest absolute Gasteiger partial charge is 0.236 e. The van der Waals surface area contributed by atoms with Crippen LogP contribution in [0.4, 0.5) is 0 Å². The van der Waals surface area contributed by atoms with Gasteiger partial charge in [0.2, 0.25) is 0 Å². The first kappa shape index (κ1) is 25.4. The third-order valence-corrected chi connectivity index (χ3v) is 10.6. The van der Waals surface area contributed by atoms with Crippen molar-refractivity contribution in [3.05, 3.63) is 151 Å². The fourth-order valence-electron chi connectivity index (χ4n) is 7.35. The molecule has 0 N–H and O–H groups in total. The van der Waals surface area contributed by atoms with E-state index in [4.69, 9.17) is 4.98 Å². The molecule has 0 saturated heterocycles. The van der Waals surface area contributed by atoms with Gasteiger partial charge in [0.15, 0.2) is 0 Å². The summed E-state index contributed by atoms with van der Waals surface area (Å²) in [4.78, 5) is 5.22. The highest BCUT2D eigenvalue weighted by atomic mass is 32.1. The lowest BCUT2D eigenvalue weighted by atomic mass is 9.80. The fraction of sp³-hybridized carbons (Fsp3) is 0.0714. The second kappa shape index (κ2) is 9.47. The first-order valence-corrected chi connectivity index (χ1v) is 16.0. The number of para-hydroxylation sites is 1. The van der Waals surface area contributed by atoms with Crippen molar-refractivity contribution in [3.8, 4) is 44.0 Å². The highest BCUT2D eigenvalue weighted by Crippen LogP contribution is 2.53. The minimum absolute atomic E-state index is 0.0871. The molecule has 7 aromatic carbocycles. The highest BCUT2D eigenvalue weighted by Gasteiger charge is 2.36. The van der Waals surface area contributed by atoms with Crippen LogP contribution in [0.3, 0.4) is 0 Å². The van der Waals surface area contributed by atoms with E-state index in [-0.39, 0.29) is 5.41 Å². The van der Waals surface area contributed by atoms with Gasteiger partial charge in [-0.15, -0.1) is 11.3 Å². The third-order valence-electron chi connectivity index (χ3n) is 9.51. The molecule has 0 unspecified atom stereocenters. The molecule has 0 bridgehead atoms. The Morgan fingerprint density at radius 1 is 0.477 bits per heavy atom. The van der Waals surface area contributed by atoms with Crippen LogP contribution in [0.25, 0.3) is 75.7 Å². The van der Waals surface area contributed by atoms with E-state index in [1.807, 2.05) is 0 Å². The molecule has 208 valence electrons. The lowest BCUT2D eigenvalue weighted by Crippen LogP contribution is -2.14. The number of hydrogen-bond acceptors (Lipinski definition) is 2. The molecule has 1 nitrogen and oxygen atoms in total. The normalized spacial score (nSPS) is 13.4. The summed E-state index contributed by atoms with van der Waals surface area (Å²) in [6.07, 6.45) is 0. The number of hydrogen-bond donors (Lipinski definition) is 0. The predicted octanol–water partition coefficient (Wildman–Crippen LogP) is 11.9. The first-order valence-electron chi connectivity index (χ1n) is 15.2. The van der Waals surface area contributed by atoms with Gasteiger partial charge in [-0.3, -0.25) is 0 Å². The number of rotatable bonds is 3. The summed E-state index contributed by atoms with van der Waals surface area (Å²) in [6.45, 7) is 4.74. The molecule has 0 aliphatic heterocycles. The molecule has 0 radical (unpaired) electrons. The maximum atomic E-state index is 5.22. The number of aromatic nitrogens is 1. The monoisotopic (exact) mass is 579 g/mol. The Bertz CT molecular complexity index is 2360. The summed E-state index contributed by atoms with van der Waals surface area (Å²) in [7, 11) is 0. The zero-order valence-corrected chi connectivity index (χ0v) is 25.5. The van der Waals surface area contributed by atoms with Crippen LogP contribution >= 0.6 is 11.3 Å². The van der Waals surface area contributed by atoms with Crippen LogP contribution in [0.15, 0.2) is 140 Å². The minimum atomic E-state index is -0.0871. The van der Waals surface area contributed by atoms with Crippen molar-refractivity contribution in [3.63, 3.8) is 0 Å². The van der Waals surface area contributed by atoms with Gasteiger partial charge >= 0.3 is 0 Å². The molecule has 8 aromatic rings. The SMILES string of the molecule is CC1(C)c2ccccc2-c2cc3c(-c4nc5ccccc5s4)c4ccccc4c(-c4ccc(-c5ccccc5)cc4)c3cc21. The van der Waals surface area contributed by atoms with E-state index < -0.39 is 0 Å². The van der Waals surface area contributed by atoms with E-state index in [1.54, 1.807) is 11.3 Å². The van der Waals surface area contributed by atoms with Crippen molar-refractivity contribution in [2.75, 3.05) is 0 Å². The zero-order chi connectivity index (χ0) is 29.4. The van der Waals surface area contributed by atoms with Crippen LogP contribution in [0, 0.1) is 0 Å². The average Bonchev–Trinajstić information content (AvgIpc) is 3.59. The minimum Gasteiger partial charge on any atom is -0.236 e. The van der Waals surface area contributed by atoms with Gasteiger partial charge in [0.25, 0.3) is 0 Å². The zero-order valence-electron chi connectivity index (χ0n) is 24.6. The number of nitrogens with zero attached hydrogens (tertiary/aromatic N) is 1. The van der Waals surface area contributed by atoms with Crippen molar-refractivity contribution in [2.45, 2.75) is 19.3 Å². The van der Waals surface area contributed by atoms with Crippen LogP contribution in [0.5, 0.6) is 0 Å². The topological polar surface area (TPSA) is 12.9 Å². The summed E-state index contributed by atoms with van der Waals surface area (Å²) < 4.78 is 1.22. The van der Waals surface area contributed by atoms with E-state index in [2.05, 4.69) is 153 Å². The van der Waals surface area contributed by atoms with E-state index in [0.29, 0.717) is 0 Å². The maximum Gasteiger partial charge on any atom is 0.125 e. The molecule has 0 amide bonds. The molecule has 2 heteroatoms. The fourth-order valence-corrected chi connectivity index (χ4v) is 8.39. The number of fused-ring (bicyclic) bond motifs is 6. The van der Waals surface area contributed by atoms with Crippen molar-refractivity contribution >= 4 is 43.1 Å². The van der Waals surface area contributed by atoms with Crippen LogP contribution in [-0.4, -0.2) is 4.98 Å². The molecule has 0 fully saturated rings.